The Hall–Kier alpha value is -3.05. The third-order valence-electron chi connectivity index (χ3n) is 5.63. The minimum absolute atomic E-state index is 0. The summed E-state index contributed by atoms with van der Waals surface area (Å²) in [7, 11) is -0.0220. The van der Waals surface area contributed by atoms with Gasteiger partial charge in [-0.25, -0.2) is 17.8 Å². The first-order valence-corrected chi connectivity index (χ1v) is 13.7. The third-order valence-corrected chi connectivity index (χ3v) is 8.59. The van der Waals surface area contributed by atoms with Gasteiger partial charge in [-0.3, -0.25) is 14.0 Å². The Balaban J connectivity index is 0.00000380. The molecule has 1 heterocycles. The van der Waals surface area contributed by atoms with E-state index in [2.05, 4.69) is 4.98 Å². The van der Waals surface area contributed by atoms with E-state index in [9.17, 15) is 17.6 Å². The quantitative estimate of drug-likeness (QED) is 0.277. The standard InChI is InChI=1S/C26H27FN4O3S2.ClH/c1-4-31(20-9-6-5-7-10-20)36(33,34)21-15-13-19(14-16-21)25(32)30(18-17-29(2)3)26-28-24-22(27)11-8-12-23(24)35-26;/h5-16H,4,17-18H2,1-3H3;1H. The van der Waals surface area contributed by atoms with Gasteiger partial charge in [0.25, 0.3) is 15.9 Å². The van der Waals surface area contributed by atoms with E-state index in [4.69, 9.17) is 0 Å². The van der Waals surface area contributed by atoms with Crippen molar-refractivity contribution in [3.63, 3.8) is 0 Å². The summed E-state index contributed by atoms with van der Waals surface area (Å²) in [5, 5.41) is 0.389. The number of carbonyl (C=O) groups excluding carboxylic acids is 1. The van der Waals surface area contributed by atoms with Crippen molar-refractivity contribution in [1.29, 1.82) is 0 Å². The van der Waals surface area contributed by atoms with E-state index in [1.807, 2.05) is 25.1 Å². The van der Waals surface area contributed by atoms with E-state index in [1.165, 1.54) is 50.9 Å². The van der Waals surface area contributed by atoms with Gasteiger partial charge in [0.15, 0.2) is 5.13 Å². The monoisotopic (exact) mass is 562 g/mol. The zero-order valence-electron chi connectivity index (χ0n) is 20.7. The molecule has 0 atom stereocenters. The maximum atomic E-state index is 14.2. The van der Waals surface area contributed by atoms with Crippen LogP contribution in [0.1, 0.15) is 17.3 Å². The van der Waals surface area contributed by atoms with Crippen molar-refractivity contribution in [2.24, 2.45) is 0 Å². The summed E-state index contributed by atoms with van der Waals surface area (Å²) in [6, 6.07) is 19.5. The number of hydrogen-bond donors (Lipinski definition) is 0. The van der Waals surface area contributed by atoms with Gasteiger partial charge in [0.05, 0.1) is 15.3 Å². The normalized spacial score (nSPS) is 11.4. The van der Waals surface area contributed by atoms with E-state index in [1.54, 1.807) is 43.3 Å². The van der Waals surface area contributed by atoms with Crippen molar-refractivity contribution in [2.75, 3.05) is 42.9 Å². The van der Waals surface area contributed by atoms with Gasteiger partial charge in [-0.1, -0.05) is 35.6 Å². The molecule has 1 amide bonds. The molecule has 7 nitrogen and oxygen atoms in total. The smallest absolute Gasteiger partial charge is 0.264 e. The predicted molar refractivity (Wildman–Crippen MR) is 150 cm³/mol. The molecule has 196 valence electrons. The molecule has 0 saturated carbocycles. The Morgan fingerprint density at radius 3 is 2.22 bits per heavy atom. The number of amides is 1. The lowest BCUT2D eigenvalue weighted by molar-refractivity contribution is 0.0985. The molecule has 4 aromatic rings. The Labute approximate surface area is 226 Å². The lowest BCUT2D eigenvalue weighted by Gasteiger charge is -2.24. The average Bonchev–Trinajstić information content (AvgIpc) is 3.30. The molecule has 0 radical (unpaired) electrons. The summed E-state index contributed by atoms with van der Waals surface area (Å²) < 4.78 is 42.8. The second-order valence-corrected chi connectivity index (χ2v) is 11.2. The van der Waals surface area contributed by atoms with Crippen molar-refractivity contribution >= 4 is 60.7 Å². The molecule has 0 N–H and O–H groups in total. The number of likely N-dealkylation sites (N-methyl/N-ethyl adjacent to an activating group) is 1. The number of rotatable bonds is 9. The van der Waals surface area contributed by atoms with Crippen molar-refractivity contribution in [3.8, 4) is 0 Å². The SMILES string of the molecule is CCN(c1ccccc1)S(=O)(=O)c1ccc(C(=O)N(CCN(C)C)c2nc3c(F)cccc3s2)cc1.Cl. The zero-order chi connectivity index (χ0) is 25.9. The first-order valence-electron chi connectivity index (χ1n) is 11.4. The van der Waals surface area contributed by atoms with E-state index in [-0.39, 0.29) is 35.3 Å². The molecule has 11 heteroatoms. The van der Waals surface area contributed by atoms with Crippen LogP contribution in [-0.2, 0) is 10.0 Å². The van der Waals surface area contributed by atoms with Gasteiger partial charge in [-0.15, -0.1) is 12.4 Å². The van der Waals surface area contributed by atoms with Crippen LogP contribution in [0.15, 0.2) is 77.7 Å². The largest absolute Gasteiger partial charge is 0.308 e. The maximum Gasteiger partial charge on any atom is 0.264 e. The number of hydrogen-bond acceptors (Lipinski definition) is 6. The summed E-state index contributed by atoms with van der Waals surface area (Å²) in [4.78, 5) is 21.4. The van der Waals surface area contributed by atoms with E-state index in [0.717, 1.165) is 0 Å². The second kappa shape index (κ2) is 12.0. The number of anilines is 2. The fraction of sp³-hybridized carbons (Fsp3) is 0.231. The minimum atomic E-state index is -3.81. The number of para-hydroxylation sites is 2. The number of aromatic nitrogens is 1. The summed E-state index contributed by atoms with van der Waals surface area (Å²) in [5.41, 5.74) is 1.11. The van der Waals surface area contributed by atoms with Crippen LogP contribution in [0.3, 0.4) is 0 Å². The molecule has 37 heavy (non-hydrogen) atoms. The molecule has 0 unspecified atom stereocenters. The number of benzene rings is 3. The highest BCUT2D eigenvalue weighted by Gasteiger charge is 2.26. The third kappa shape index (κ3) is 6.10. The number of nitrogens with zero attached hydrogens (tertiary/aromatic N) is 4. The average molecular weight is 563 g/mol. The lowest BCUT2D eigenvalue weighted by Crippen LogP contribution is -2.36. The highest BCUT2D eigenvalue weighted by molar-refractivity contribution is 7.92. The van der Waals surface area contributed by atoms with Crippen LogP contribution in [0.4, 0.5) is 15.2 Å². The highest BCUT2D eigenvalue weighted by atomic mass is 35.5. The minimum Gasteiger partial charge on any atom is -0.308 e. The molecular formula is C26H28ClFN4O3S2. The zero-order valence-corrected chi connectivity index (χ0v) is 23.1. The van der Waals surface area contributed by atoms with Gasteiger partial charge < -0.3 is 4.90 Å². The van der Waals surface area contributed by atoms with Crippen LogP contribution in [0.2, 0.25) is 0 Å². The van der Waals surface area contributed by atoms with Crippen LogP contribution < -0.4 is 9.21 Å². The molecule has 0 fully saturated rings. The van der Waals surface area contributed by atoms with E-state index >= 15 is 0 Å². The van der Waals surface area contributed by atoms with Crippen LogP contribution in [0.25, 0.3) is 10.2 Å². The van der Waals surface area contributed by atoms with Gasteiger partial charge in [-0.2, -0.15) is 0 Å². The van der Waals surface area contributed by atoms with Crippen molar-refractivity contribution in [1.82, 2.24) is 9.88 Å². The molecule has 0 aliphatic carbocycles. The van der Waals surface area contributed by atoms with Crippen LogP contribution >= 0.6 is 23.7 Å². The lowest BCUT2D eigenvalue weighted by atomic mass is 10.2. The Morgan fingerprint density at radius 1 is 0.946 bits per heavy atom. The van der Waals surface area contributed by atoms with Crippen LogP contribution in [-0.4, -0.2) is 57.9 Å². The number of fused-ring (bicyclic) bond motifs is 1. The molecule has 0 aliphatic rings. The molecule has 1 aromatic heterocycles. The summed E-state index contributed by atoms with van der Waals surface area (Å²) in [6.07, 6.45) is 0. The predicted octanol–water partition coefficient (Wildman–Crippen LogP) is 5.28. The van der Waals surface area contributed by atoms with Crippen molar-refractivity contribution in [3.05, 3.63) is 84.2 Å². The van der Waals surface area contributed by atoms with Crippen LogP contribution in [0.5, 0.6) is 0 Å². The first kappa shape index (κ1) is 28.5. The molecular weight excluding hydrogens is 535 g/mol. The van der Waals surface area contributed by atoms with E-state index in [0.29, 0.717) is 34.2 Å². The topological polar surface area (TPSA) is 73.8 Å². The molecule has 4 rings (SSSR count). The van der Waals surface area contributed by atoms with Gasteiger partial charge in [0.1, 0.15) is 11.3 Å². The second-order valence-electron chi connectivity index (χ2n) is 8.37. The van der Waals surface area contributed by atoms with Gasteiger partial charge in [0, 0.05) is 25.2 Å². The maximum absolute atomic E-state index is 14.2. The highest BCUT2D eigenvalue weighted by Crippen LogP contribution is 2.31. The fourth-order valence-electron chi connectivity index (χ4n) is 3.74. The number of sulfonamides is 1. The van der Waals surface area contributed by atoms with Gasteiger partial charge in [-0.05, 0) is 69.6 Å². The molecule has 3 aromatic carbocycles. The number of thiazole rings is 1. The number of carbonyl (C=O) groups is 1. The molecule has 0 spiro atoms. The Bertz CT molecular complexity index is 1460. The summed E-state index contributed by atoms with van der Waals surface area (Å²) in [5.74, 6) is -0.779. The first-order chi connectivity index (χ1) is 17.2. The van der Waals surface area contributed by atoms with Gasteiger partial charge in [0.2, 0.25) is 0 Å². The van der Waals surface area contributed by atoms with Gasteiger partial charge >= 0.3 is 0 Å². The van der Waals surface area contributed by atoms with E-state index < -0.39 is 15.8 Å². The number of halogens is 2. The Kier molecular flexibility index (Phi) is 9.25. The van der Waals surface area contributed by atoms with Crippen molar-refractivity contribution in [2.45, 2.75) is 11.8 Å². The fourth-order valence-corrected chi connectivity index (χ4v) is 6.22. The van der Waals surface area contributed by atoms with Crippen LogP contribution in [0, 0.1) is 5.82 Å². The summed E-state index contributed by atoms with van der Waals surface area (Å²) in [6.45, 7) is 2.94. The Morgan fingerprint density at radius 2 is 1.62 bits per heavy atom. The molecule has 0 saturated heterocycles. The molecule has 0 aliphatic heterocycles. The summed E-state index contributed by atoms with van der Waals surface area (Å²) >= 11 is 1.24. The van der Waals surface area contributed by atoms with Crippen molar-refractivity contribution < 1.29 is 17.6 Å². The molecule has 0 bridgehead atoms.